The minimum absolute atomic E-state index is 0.124. The van der Waals surface area contributed by atoms with Crippen molar-refractivity contribution in [1.82, 2.24) is 0 Å². The van der Waals surface area contributed by atoms with Crippen molar-refractivity contribution in [3.63, 3.8) is 0 Å². The number of amides is 1. The molecule has 30 heavy (non-hydrogen) atoms. The van der Waals surface area contributed by atoms with Gasteiger partial charge in [0, 0.05) is 12.1 Å². The van der Waals surface area contributed by atoms with E-state index in [1.165, 1.54) is 57.8 Å². The molecule has 0 heterocycles. The lowest BCUT2D eigenvalue weighted by molar-refractivity contribution is -0.124. The van der Waals surface area contributed by atoms with Crippen molar-refractivity contribution in [2.75, 3.05) is 11.9 Å². The molecule has 0 atom stereocenters. The van der Waals surface area contributed by atoms with E-state index in [1.54, 1.807) is 12.1 Å². The quantitative estimate of drug-likeness (QED) is 0.360. The fourth-order valence-corrected chi connectivity index (χ4v) is 6.70. The van der Waals surface area contributed by atoms with Crippen LogP contribution in [0.1, 0.15) is 94.3 Å². The standard InChI is InChI=1S/C26H37NO3/c1-2-3-4-5-6-11-30-25(29)22-7-9-23(10-8-22)27-24(28)18-26-15-19-12-20(16-26)14-21(13-19)17-26/h7-10,19-21H,2-6,11-18H2,1H3,(H,27,28). The van der Waals surface area contributed by atoms with Gasteiger partial charge in [-0.25, -0.2) is 4.79 Å². The Morgan fingerprint density at radius 3 is 2.13 bits per heavy atom. The first-order valence-electron chi connectivity index (χ1n) is 12.1. The monoisotopic (exact) mass is 411 g/mol. The summed E-state index contributed by atoms with van der Waals surface area (Å²) in [4.78, 5) is 24.9. The smallest absolute Gasteiger partial charge is 0.338 e. The van der Waals surface area contributed by atoms with Crippen LogP contribution in [0.2, 0.25) is 0 Å². The molecule has 1 amide bonds. The van der Waals surface area contributed by atoms with Crippen LogP contribution < -0.4 is 5.32 Å². The van der Waals surface area contributed by atoms with E-state index in [0.29, 0.717) is 18.6 Å². The van der Waals surface area contributed by atoms with Gasteiger partial charge in [-0.15, -0.1) is 0 Å². The predicted molar refractivity (Wildman–Crippen MR) is 119 cm³/mol. The zero-order chi connectivity index (χ0) is 21.0. The molecule has 4 saturated carbocycles. The SMILES string of the molecule is CCCCCCCOC(=O)c1ccc(NC(=O)CC23CC4CC(CC(C4)C2)C3)cc1. The van der Waals surface area contributed by atoms with E-state index in [-0.39, 0.29) is 17.3 Å². The Labute approximate surface area is 181 Å². The summed E-state index contributed by atoms with van der Waals surface area (Å²) in [6.07, 6.45) is 14.3. The highest BCUT2D eigenvalue weighted by Crippen LogP contribution is 2.61. The first-order chi connectivity index (χ1) is 14.5. The van der Waals surface area contributed by atoms with Gasteiger partial charge in [0.15, 0.2) is 0 Å². The largest absolute Gasteiger partial charge is 0.462 e. The molecule has 1 aromatic rings. The molecule has 0 saturated heterocycles. The number of carbonyl (C=O) groups is 2. The van der Waals surface area contributed by atoms with E-state index in [2.05, 4.69) is 12.2 Å². The van der Waals surface area contributed by atoms with Crippen LogP contribution in [-0.4, -0.2) is 18.5 Å². The number of benzene rings is 1. The molecular formula is C26H37NO3. The fourth-order valence-electron chi connectivity index (χ4n) is 6.70. The third kappa shape index (κ3) is 5.25. The van der Waals surface area contributed by atoms with Crippen LogP contribution in [0.25, 0.3) is 0 Å². The van der Waals surface area contributed by atoms with E-state index in [4.69, 9.17) is 4.74 Å². The number of nitrogens with one attached hydrogen (secondary N) is 1. The number of hydrogen-bond donors (Lipinski definition) is 1. The topological polar surface area (TPSA) is 55.4 Å². The number of carbonyl (C=O) groups excluding carboxylic acids is 2. The van der Waals surface area contributed by atoms with Crippen molar-refractivity contribution in [2.24, 2.45) is 23.2 Å². The average molecular weight is 412 g/mol. The molecule has 0 aromatic heterocycles. The van der Waals surface area contributed by atoms with Crippen molar-refractivity contribution in [1.29, 1.82) is 0 Å². The Kier molecular flexibility index (Phi) is 6.80. The lowest BCUT2D eigenvalue weighted by Gasteiger charge is -2.56. The molecule has 4 nitrogen and oxygen atoms in total. The van der Waals surface area contributed by atoms with Gasteiger partial charge in [-0.05, 0) is 92.4 Å². The molecule has 0 aliphatic heterocycles. The highest BCUT2D eigenvalue weighted by Gasteiger charge is 2.51. The van der Waals surface area contributed by atoms with Crippen LogP contribution in [0.5, 0.6) is 0 Å². The number of esters is 1. The second kappa shape index (κ2) is 9.53. The Hall–Kier alpha value is -1.84. The summed E-state index contributed by atoms with van der Waals surface area (Å²) in [6.45, 7) is 2.67. The van der Waals surface area contributed by atoms with Gasteiger partial charge >= 0.3 is 5.97 Å². The van der Waals surface area contributed by atoms with Crippen LogP contribution in [0.15, 0.2) is 24.3 Å². The molecule has 1 aromatic carbocycles. The molecule has 0 spiro atoms. The van der Waals surface area contributed by atoms with Gasteiger partial charge in [-0.2, -0.15) is 0 Å². The molecule has 4 bridgehead atoms. The minimum atomic E-state index is -0.281. The summed E-state index contributed by atoms with van der Waals surface area (Å²) in [6, 6.07) is 7.13. The summed E-state index contributed by atoms with van der Waals surface area (Å²) in [5.41, 5.74) is 1.56. The van der Waals surface area contributed by atoms with E-state index in [9.17, 15) is 9.59 Å². The van der Waals surface area contributed by atoms with Gasteiger partial charge in [0.2, 0.25) is 5.91 Å². The summed E-state index contributed by atoms with van der Waals surface area (Å²) in [5, 5.41) is 3.06. The normalized spacial score (nSPS) is 29.0. The van der Waals surface area contributed by atoms with Crippen LogP contribution >= 0.6 is 0 Å². The zero-order valence-corrected chi connectivity index (χ0v) is 18.5. The van der Waals surface area contributed by atoms with Gasteiger partial charge in [-0.3, -0.25) is 4.79 Å². The summed E-state index contributed by atoms with van der Waals surface area (Å²) >= 11 is 0. The maximum atomic E-state index is 12.8. The lowest BCUT2D eigenvalue weighted by Crippen LogP contribution is -2.47. The highest BCUT2D eigenvalue weighted by molar-refractivity contribution is 5.93. The van der Waals surface area contributed by atoms with Crippen molar-refractivity contribution in [3.05, 3.63) is 29.8 Å². The third-order valence-electron chi connectivity index (χ3n) is 7.59. The van der Waals surface area contributed by atoms with E-state index >= 15 is 0 Å². The first kappa shape index (κ1) is 21.4. The highest BCUT2D eigenvalue weighted by atomic mass is 16.5. The van der Waals surface area contributed by atoms with Gasteiger partial charge < -0.3 is 10.1 Å². The van der Waals surface area contributed by atoms with Crippen molar-refractivity contribution < 1.29 is 14.3 Å². The summed E-state index contributed by atoms with van der Waals surface area (Å²) in [7, 11) is 0. The fraction of sp³-hybridized carbons (Fsp3) is 0.692. The van der Waals surface area contributed by atoms with E-state index < -0.39 is 0 Å². The van der Waals surface area contributed by atoms with Crippen LogP contribution in [0.4, 0.5) is 5.69 Å². The number of rotatable bonds is 10. The van der Waals surface area contributed by atoms with Gasteiger partial charge in [0.25, 0.3) is 0 Å². The first-order valence-corrected chi connectivity index (χ1v) is 12.1. The molecule has 4 heteroatoms. The molecule has 4 fully saturated rings. The summed E-state index contributed by atoms with van der Waals surface area (Å²) in [5.74, 6) is 2.43. The molecule has 5 rings (SSSR count). The second-order valence-electron chi connectivity index (χ2n) is 10.3. The molecule has 0 radical (unpaired) electrons. The van der Waals surface area contributed by atoms with Crippen molar-refractivity contribution in [3.8, 4) is 0 Å². The van der Waals surface area contributed by atoms with E-state index in [1.807, 2.05) is 12.1 Å². The number of anilines is 1. The van der Waals surface area contributed by atoms with Crippen LogP contribution in [-0.2, 0) is 9.53 Å². The average Bonchev–Trinajstić information content (AvgIpc) is 2.69. The van der Waals surface area contributed by atoms with Gasteiger partial charge in [0.05, 0.1) is 12.2 Å². The Balaban J connectivity index is 1.22. The third-order valence-corrected chi connectivity index (χ3v) is 7.59. The molecule has 4 aliphatic rings. The van der Waals surface area contributed by atoms with E-state index in [0.717, 1.165) is 36.3 Å². The molecule has 0 unspecified atom stereocenters. The Morgan fingerprint density at radius 1 is 0.933 bits per heavy atom. The van der Waals surface area contributed by atoms with Gasteiger partial charge in [0.1, 0.15) is 0 Å². The number of unbranched alkanes of at least 4 members (excludes halogenated alkanes) is 4. The maximum absolute atomic E-state index is 12.8. The Morgan fingerprint density at radius 2 is 1.53 bits per heavy atom. The van der Waals surface area contributed by atoms with Crippen LogP contribution in [0, 0.1) is 23.2 Å². The molecular weight excluding hydrogens is 374 g/mol. The molecule has 1 N–H and O–H groups in total. The zero-order valence-electron chi connectivity index (χ0n) is 18.5. The maximum Gasteiger partial charge on any atom is 0.338 e. The predicted octanol–water partition coefficient (Wildman–Crippen LogP) is 6.36. The second-order valence-corrected chi connectivity index (χ2v) is 10.3. The van der Waals surface area contributed by atoms with Crippen LogP contribution in [0.3, 0.4) is 0 Å². The number of hydrogen-bond acceptors (Lipinski definition) is 3. The van der Waals surface area contributed by atoms with Crippen molar-refractivity contribution in [2.45, 2.75) is 84.0 Å². The Bertz CT molecular complexity index is 704. The summed E-state index contributed by atoms with van der Waals surface area (Å²) < 4.78 is 5.36. The molecule has 4 aliphatic carbocycles. The lowest BCUT2D eigenvalue weighted by atomic mass is 9.49. The van der Waals surface area contributed by atoms with Gasteiger partial charge in [-0.1, -0.05) is 32.6 Å². The number of ether oxygens (including phenoxy) is 1. The minimum Gasteiger partial charge on any atom is -0.462 e. The molecule has 164 valence electrons. The van der Waals surface area contributed by atoms with Crippen molar-refractivity contribution >= 4 is 17.6 Å².